The van der Waals surface area contributed by atoms with Crippen LogP contribution in [-0.2, 0) is 11.8 Å². The minimum atomic E-state index is -1.21. The van der Waals surface area contributed by atoms with E-state index in [1.54, 1.807) is 28.6 Å². The molecule has 0 spiro atoms. The van der Waals surface area contributed by atoms with Gasteiger partial charge in [-0.25, -0.2) is 19.6 Å². The normalized spacial score (nSPS) is 16.5. The Hall–Kier alpha value is -3.66. The average Bonchev–Trinajstić information content (AvgIpc) is 3.31. The fourth-order valence-corrected chi connectivity index (χ4v) is 4.90. The number of carbonyl (C=O) groups is 2. The Morgan fingerprint density at radius 1 is 1.24 bits per heavy atom. The fourth-order valence-electron chi connectivity index (χ4n) is 4.75. The zero-order valence-corrected chi connectivity index (χ0v) is 23.1. The van der Waals surface area contributed by atoms with Gasteiger partial charge in [0.2, 0.25) is 0 Å². The van der Waals surface area contributed by atoms with Crippen molar-refractivity contribution in [1.82, 2.24) is 19.4 Å². The summed E-state index contributed by atoms with van der Waals surface area (Å²) in [6.07, 6.45) is 0.268. The molecule has 2 N–H and O–H groups in total. The van der Waals surface area contributed by atoms with Crippen molar-refractivity contribution in [2.24, 2.45) is 7.05 Å². The highest BCUT2D eigenvalue weighted by molar-refractivity contribution is 6.29. The zero-order chi connectivity index (χ0) is 27.9. The van der Waals surface area contributed by atoms with E-state index in [4.69, 9.17) is 21.3 Å². The quantitative estimate of drug-likeness (QED) is 0.437. The first-order valence-electron chi connectivity index (χ1n) is 12.4. The van der Waals surface area contributed by atoms with Gasteiger partial charge in [-0.1, -0.05) is 17.7 Å². The number of aromatic carboxylic acids is 1. The highest BCUT2D eigenvalue weighted by Gasteiger charge is 2.33. The summed E-state index contributed by atoms with van der Waals surface area (Å²) in [5, 5.41) is 13.3. The van der Waals surface area contributed by atoms with Crippen LogP contribution in [0.4, 0.5) is 10.5 Å². The number of ether oxygens (including phenoxy) is 1. The Balaban J connectivity index is 1.73. The predicted molar refractivity (Wildman–Crippen MR) is 145 cm³/mol. The lowest BCUT2D eigenvalue weighted by Crippen LogP contribution is -2.35. The van der Waals surface area contributed by atoms with Crippen LogP contribution < -0.4 is 10.9 Å². The number of anilines is 1. The molecular weight excluding hydrogens is 510 g/mol. The Morgan fingerprint density at radius 2 is 1.95 bits per heavy atom. The molecule has 3 aromatic rings. The van der Waals surface area contributed by atoms with Crippen molar-refractivity contribution in [2.45, 2.75) is 58.6 Å². The number of nitrogens with zero attached hydrogens (tertiary/aromatic N) is 4. The van der Waals surface area contributed by atoms with Crippen LogP contribution in [0.15, 0.2) is 29.1 Å². The lowest BCUT2D eigenvalue weighted by molar-refractivity contribution is 0.0292. The van der Waals surface area contributed by atoms with E-state index in [1.165, 1.54) is 6.07 Å². The number of fused-ring (bicyclic) bond motifs is 1. The second-order valence-electron chi connectivity index (χ2n) is 10.7. The molecule has 3 heterocycles. The number of aryl methyl sites for hydroxylation is 1. The summed E-state index contributed by atoms with van der Waals surface area (Å²) in [7, 11) is 1.70. The first-order chi connectivity index (χ1) is 17.7. The van der Waals surface area contributed by atoms with Crippen LogP contribution in [0, 0.1) is 6.92 Å². The summed E-state index contributed by atoms with van der Waals surface area (Å²) in [4.78, 5) is 48.3. The molecule has 0 saturated carbocycles. The Bertz CT molecular complexity index is 1480. The molecule has 1 fully saturated rings. The molecule has 1 amide bonds. The van der Waals surface area contributed by atoms with Gasteiger partial charge in [0.15, 0.2) is 5.69 Å². The second-order valence-corrected chi connectivity index (χ2v) is 11.1. The lowest BCUT2D eigenvalue weighted by atomic mass is 10.00. The first kappa shape index (κ1) is 27.4. The van der Waals surface area contributed by atoms with Crippen LogP contribution in [0.3, 0.4) is 0 Å². The SMILES string of the molecule is Cc1cc([C@H](C)Nc2ccc(Cl)nc2C(=O)O)c2nc([C@@H]3CCN(C(=O)OC(C)(C)C)C3)n(C)c(=O)c2c1. The second kappa shape index (κ2) is 10.2. The fraction of sp³-hybridized carbons (Fsp3) is 0.444. The van der Waals surface area contributed by atoms with E-state index >= 15 is 0 Å². The number of rotatable bonds is 5. The van der Waals surface area contributed by atoms with E-state index in [0.717, 1.165) is 11.1 Å². The van der Waals surface area contributed by atoms with Crippen molar-refractivity contribution >= 4 is 40.3 Å². The molecule has 1 saturated heterocycles. The number of hydrogen-bond donors (Lipinski definition) is 2. The van der Waals surface area contributed by atoms with Crippen molar-refractivity contribution < 1.29 is 19.4 Å². The number of nitrogens with one attached hydrogen (secondary N) is 1. The van der Waals surface area contributed by atoms with Crippen molar-refractivity contribution in [2.75, 3.05) is 18.4 Å². The van der Waals surface area contributed by atoms with E-state index in [0.29, 0.717) is 41.9 Å². The number of amides is 1. The monoisotopic (exact) mass is 541 g/mol. The number of carbonyl (C=O) groups excluding carboxylic acids is 1. The van der Waals surface area contributed by atoms with Gasteiger partial charge in [-0.05, 0) is 64.8 Å². The molecule has 202 valence electrons. The standard InChI is InChI=1S/C27H32ClN5O5/c1-14-11-17(15(2)29-19-7-8-20(28)30-22(19)25(35)36)21-18(12-14)24(34)32(6)23(31-21)16-9-10-33(13-16)26(37)38-27(3,4)5/h7-8,11-12,15-16,29H,9-10,13H2,1-6H3,(H,35,36)/t15-,16+/m0/s1. The molecular formula is C27H32ClN5O5. The molecule has 4 rings (SSSR count). The minimum absolute atomic E-state index is 0.0772. The molecule has 11 heteroatoms. The van der Waals surface area contributed by atoms with Crippen LogP contribution in [0.1, 0.15) is 73.5 Å². The Labute approximate surface area is 225 Å². The van der Waals surface area contributed by atoms with Crippen LogP contribution in [0.25, 0.3) is 10.9 Å². The van der Waals surface area contributed by atoms with Gasteiger partial charge >= 0.3 is 12.1 Å². The van der Waals surface area contributed by atoms with Gasteiger partial charge in [-0.2, -0.15) is 0 Å². The molecule has 1 aromatic carbocycles. The lowest BCUT2D eigenvalue weighted by Gasteiger charge is -2.24. The molecule has 2 atom stereocenters. The number of likely N-dealkylation sites (tertiary alicyclic amines) is 1. The average molecular weight is 542 g/mol. The topological polar surface area (TPSA) is 127 Å². The highest BCUT2D eigenvalue weighted by Crippen LogP contribution is 2.31. The molecule has 0 aliphatic carbocycles. The third-order valence-corrected chi connectivity index (χ3v) is 6.71. The van der Waals surface area contributed by atoms with Gasteiger partial charge in [0.1, 0.15) is 16.6 Å². The van der Waals surface area contributed by atoms with Crippen LogP contribution >= 0.6 is 11.6 Å². The molecule has 0 bridgehead atoms. The molecule has 1 aliphatic heterocycles. The summed E-state index contributed by atoms with van der Waals surface area (Å²) in [6.45, 7) is 10.1. The highest BCUT2D eigenvalue weighted by atomic mass is 35.5. The molecule has 0 radical (unpaired) electrons. The maximum absolute atomic E-state index is 13.5. The van der Waals surface area contributed by atoms with E-state index < -0.39 is 17.6 Å². The summed E-state index contributed by atoms with van der Waals surface area (Å²) in [5.41, 5.74) is 1.47. The number of hydrogen-bond acceptors (Lipinski definition) is 7. The summed E-state index contributed by atoms with van der Waals surface area (Å²) >= 11 is 5.90. The molecule has 2 aromatic heterocycles. The maximum Gasteiger partial charge on any atom is 0.410 e. The number of halogens is 1. The Kier molecular flexibility index (Phi) is 7.38. The van der Waals surface area contributed by atoms with E-state index in [-0.39, 0.29) is 28.4 Å². The van der Waals surface area contributed by atoms with Gasteiger partial charge in [-0.15, -0.1) is 0 Å². The summed E-state index contributed by atoms with van der Waals surface area (Å²) in [6, 6.07) is 6.41. The van der Waals surface area contributed by atoms with Crippen LogP contribution in [0.5, 0.6) is 0 Å². The Morgan fingerprint density at radius 3 is 2.61 bits per heavy atom. The third-order valence-electron chi connectivity index (χ3n) is 6.50. The summed E-state index contributed by atoms with van der Waals surface area (Å²) in [5.74, 6) is -0.757. The van der Waals surface area contributed by atoms with Gasteiger partial charge in [-0.3, -0.25) is 9.36 Å². The number of pyridine rings is 1. The van der Waals surface area contributed by atoms with Gasteiger partial charge in [0.25, 0.3) is 5.56 Å². The summed E-state index contributed by atoms with van der Waals surface area (Å²) < 4.78 is 7.07. The largest absolute Gasteiger partial charge is 0.476 e. The van der Waals surface area contributed by atoms with Gasteiger partial charge < -0.3 is 20.1 Å². The molecule has 10 nitrogen and oxygen atoms in total. The number of carboxylic acids is 1. The van der Waals surface area contributed by atoms with E-state index in [9.17, 15) is 19.5 Å². The third kappa shape index (κ3) is 5.60. The molecule has 38 heavy (non-hydrogen) atoms. The predicted octanol–water partition coefficient (Wildman–Crippen LogP) is 4.89. The zero-order valence-electron chi connectivity index (χ0n) is 22.3. The van der Waals surface area contributed by atoms with Gasteiger partial charge in [0.05, 0.1) is 22.6 Å². The van der Waals surface area contributed by atoms with Crippen molar-refractivity contribution in [3.05, 3.63) is 62.4 Å². The van der Waals surface area contributed by atoms with E-state index in [2.05, 4.69) is 10.3 Å². The smallest absolute Gasteiger partial charge is 0.410 e. The van der Waals surface area contributed by atoms with Crippen LogP contribution in [-0.4, -0.2) is 55.3 Å². The number of aromatic nitrogens is 3. The molecule has 1 aliphatic rings. The molecule has 0 unspecified atom stereocenters. The minimum Gasteiger partial charge on any atom is -0.476 e. The maximum atomic E-state index is 13.5. The van der Waals surface area contributed by atoms with Crippen molar-refractivity contribution in [3.63, 3.8) is 0 Å². The first-order valence-corrected chi connectivity index (χ1v) is 12.8. The van der Waals surface area contributed by atoms with E-state index in [1.807, 2.05) is 40.7 Å². The number of carboxylic acid groups (broad SMARTS) is 1. The van der Waals surface area contributed by atoms with Crippen LogP contribution in [0.2, 0.25) is 5.15 Å². The van der Waals surface area contributed by atoms with Crippen molar-refractivity contribution in [1.29, 1.82) is 0 Å². The van der Waals surface area contributed by atoms with Gasteiger partial charge in [0, 0.05) is 31.6 Å². The number of benzene rings is 1. The van der Waals surface area contributed by atoms with Crippen molar-refractivity contribution in [3.8, 4) is 0 Å².